The fraction of sp³-hybridized carbons (Fsp3) is 0.182. The third-order valence-corrected chi connectivity index (χ3v) is 5.96. The number of hydrogen-bond acceptors (Lipinski definition) is 4. The zero-order chi connectivity index (χ0) is 14.9. The van der Waals surface area contributed by atoms with Gasteiger partial charge in [0.15, 0.2) is 0 Å². The normalized spacial score (nSPS) is 11.9. The van der Waals surface area contributed by atoms with E-state index in [0.29, 0.717) is 0 Å². The highest BCUT2D eigenvalue weighted by Gasteiger charge is 2.23. The molecule has 0 fully saturated rings. The standard InChI is InChI=1S/C11H11BrN2O4S2/c1-14(5-7-2-10(12)19-6-7)20(17,18)8-3-9(11(15)16)13-4-8/h2-4,6,13H,5H2,1H3,(H,15,16). The number of carbonyl (C=O) groups is 1. The number of carboxylic acids is 1. The molecule has 0 bridgehead atoms. The maximum absolute atomic E-state index is 12.3. The molecular formula is C11H11BrN2O4S2. The molecule has 2 rings (SSSR count). The average molecular weight is 379 g/mol. The summed E-state index contributed by atoms with van der Waals surface area (Å²) >= 11 is 4.79. The lowest BCUT2D eigenvalue weighted by molar-refractivity contribution is 0.0691. The first-order chi connectivity index (χ1) is 9.30. The Morgan fingerprint density at radius 2 is 2.20 bits per heavy atom. The molecule has 2 heterocycles. The summed E-state index contributed by atoms with van der Waals surface area (Å²) in [7, 11) is -2.26. The maximum atomic E-state index is 12.3. The lowest BCUT2D eigenvalue weighted by Crippen LogP contribution is -2.26. The number of rotatable bonds is 5. The number of thiophene rings is 1. The number of H-pyrrole nitrogens is 1. The first-order valence-corrected chi connectivity index (χ1v) is 8.53. The van der Waals surface area contributed by atoms with Crippen molar-refractivity contribution in [2.45, 2.75) is 11.4 Å². The monoisotopic (exact) mass is 378 g/mol. The Bertz CT molecular complexity index is 735. The highest BCUT2D eigenvalue weighted by Crippen LogP contribution is 2.23. The first-order valence-electron chi connectivity index (χ1n) is 5.41. The molecule has 2 aromatic heterocycles. The van der Waals surface area contributed by atoms with Crippen LogP contribution in [-0.2, 0) is 16.6 Å². The van der Waals surface area contributed by atoms with E-state index < -0.39 is 16.0 Å². The number of aromatic nitrogens is 1. The highest BCUT2D eigenvalue weighted by molar-refractivity contribution is 9.11. The lowest BCUT2D eigenvalue weighted by atomic mass is 10.3. The second kappa shape index (κ2) is 5.68. The number of nitrogens with zero attached hydrogens (tertiary/aromatic N) is 1. The van der Waals surface area contributed by atoms with Crippen LogP contribution in [0.4, 0.5) is 0 Å². The van der Waals surface area contributed by atoms with Crippen molar-refractivity contribution in [2.24, 2.45) is 0 Å². The largest absolute Gasteiger partial charge is 0.477 e. The highest BCUT2D eigenvalue weighted by atomic mass is 79.9. The van der Waals surface area contributed by atoms with E-state index >= 15 is 0 Å². The molecule has 9 heteroatoms. The van der Waals surface area contributed by atoms with E-state index in [1.807, 2.05) is 11.4 Å². The predicted octanol–water partition coefficient (Wildman–Crippen LogP) is 2.36. The second-order valence-electron chi connectivity index (χ2n) is 4.07. The van der Waals surface area contributed by atoms with Crippen LogP contribution in [0.25, 0.3) is 0 Å². The molecule has 0 aliphatic rings. The number of halogens is 1. The van der Waals surface area contributed by atoms with E-state index in [-0.39, 0.29) is 17.1 Å². The van der Waals surface area contributed by atoms with E-state index in [0.717, 1.165) is 15.4 Å². The SMILES string of the molecule is CN(Cc1csc(Br)c1)S(=O)(=O)c1c[nH]c(C(=O)O)c1. The third-order valence-electron chi connectivity index (χ3n) is 2.62. The van der Waals surface area contributed by atoms with Gasteiger partial charge in [-0.25, -0.2) is 13.2 Å². The van der Waals surface area contributed by atoms with E-state index in [9.17, 15) is 13.2 Å². The average Bonchev–Trinajstić information content (AvgIpc) is 2.98. The molecule has 0 amide bonds. The summed E-state index contributed by atoms with van der Waals surface area (Å²) in [5.41, 5.74) is 0.706. The molecule has 0 atom stereocenters. The van der Waals surface area contributed by atoms with Crippen molar-refractivity contribution in [1.29, 1.82) is 0 Å². The molecule has 6 nitrogen and oxygen atoms in total. The van der Waals surface area contributed by atoms with Crippen LogP contribution in [0.5, 0.6) is 0 Å². The van der Waals surface area contributed by atoms with E-state index in [2.05, 4.69) is 20.9 Å². The van der Waals surface area contributed by atoms with E-state index in [4.69, 9.17) is 5.11 Å². The van der Waals surface area contributed by atoms with Crippen LogP contribution in [0.1, 0.15) is 16.1 Å². The Morgan fingerprint density at radius 3 is 2.70 bits per heavy atom. The van der Waals surface area contributed by atoms with Gasteiger partial charge >= 0.3 is 5.97 Å². The summed E-state index contributed by atoms with van der Waals surface area (Å²) in [6.07, 6.45) is 1.18. The van der Waals surface area contributed by atoms with Crippen LogP contribution in [0.15, 0.2) is 32.4 Å². The van der Waals surface area contributed by atoms with Gasteiger partial charge in [-0.05, 0) is 39.0 Å². The molecule has 20 heavy (non-hydrogen) atoms. The van der Waals surface area contributed by atoms with Crippen LogP contribution < -0.4 is 0 Å². The van der Waals surface area contributed by atoms with Gasteiger partial charge in [-0.15, -0.1) is 11.3 Å². The summed E-state index contributed by atoms with van der Waals surface area (Å²) in [6.45, 7) is 0.220. The number of aromatic carboxylic acids is 1. The summed E-state index contributed by atoms with van der Waals surface area (Å²) in [5.74, 6) is -1.20. The fourth-order valence-corrected chi connectivity index (χ4v) is 3.95. The topological polar surface area (TPSA) is 90.5 Å². The minimum atomic E-state index is -3.71. The minimum Gasteiger partial charge on any atom is -0.477 e. The van der Waals surface area contributed by atoms with Gasteiger partial charge in [-0.3, -0.25) is 0 Å². The van der Waals surface area contributed by atoms with Crippen LogP contribution in [0.2, 0.25) is 0 Å². The number of sulfonamides is 1. The van der Waals surface area contributed by atoms with Gasteiger partial charge in [0, 0.05) is 19.8 Å². The number of nitrogens with one attached hydrogen (secondary N) is 1. The second-order valence-corrected chi connectivity index (χ2v) is 8.41. The van der Waals surface area contributed by atoms with Gasteiger partial charge in [0.1, 0.15) is 10.6 Å². The van der Waals surface area contributed by atoms with Crippen LogP contribution in [-0.4, -0.2) is 35.8 Å². The van der Waals surface area contributed by atoms with E-state index in [1.165, 1.54) is 28.9 Å². The number of hydrogen-bond donors (Lipinski definition) is 2. The number of aromatic amines is 1. The van der Waals surface area contributed by atoms with Gasteiger partial charge in [-0.2, -0.15) is 4.31 Å². The van der Waals surface area contributed by atoms with Crippen LogP contribution in [0, 0.1) is 0 Å². The molecule has 108 valence electrons. The van der Waals surface area contributed by atoms with Crippen molar-refractivity contribution >= 4 is 43.3 Å². The van der Waals surface area contributed by atoms with Gasteiger partial charge < -0.3 is 10.1 Å². The quantitative estimate of drug-likeness (QED) is 0.835. The van der Waals surface area contributed by atoms with Crippen LogP contribution >= 0.6 is 27.3 Å². The van der Waals surface area contributed by atoms with Crippen molar-refractivity contribution in [3.05, 3.63) is 38.8 Å². The Morgan fingerprint density at radius 1 is 1.50 bits per heavy atom. The van der Waals surface area contributed by atoms with Gasteiger partial charge in [0.05, 0.1) is 3.79 Å². The molecule has 0 radical (unpaired) electrons. The smallest absolute Gasteiger partial charge is 0.352 e. The summed E-state index contributed by atoms with van der Waals surface area (Å²) < 4.78 is 26.7. The third kappa shape index (κ3) is 3.11. The Kier molecular flexibility index (Phi) is 4.33. The van der Waals surface area contributed by atoms with Crippen molar-refractivity contribution in [2.75, 3.05) is 7.05 Å². The van der Waals surface area contributed by atoms with Gasteiger partial charge in [0.25, 0.3) is 0 Å². The molecule has 0 aliphatic heterocycles. The summed E-state index contributed by atoms with van der Waals surface area (Å²) in [5, 5.41) is 10.7. The maximum Gasteiger partial charge on any atom is 0.352 e. The molecular weight excluding hydrogens is 368 g/mol. The summed E-state index contributed by atoms with van der Waals surface area (Å²) in [6, 6.07) is 2.95. The molecule has 0 saturated heterocycles. The lowest BCUT2D eigenvalue weighted by Gasteiger charge is -2.15. The van der Waals surface area contributed by atoms with Gasteiger partial charge in [-0.1, -0.05) is 0 Å². The molecule has 0 saturated carbocycles. The molecule has 0 aliphatic carbocycles. The molecule has 0 unspecified atom stereocenters. The van der Waals surface area contributed by atoms with Crippen molar-refractivity contribution in [3.8, 4) is 0 Å². The predicted molar refractivity (Wildman–Crippen MR) is 78.4 cm³/mol. The zero-order valence-electron chi connectivity index (χ0n) is 10.3. The molecule has 2 aromatic rings. The Balaban J connectivity index is 2.22. The van der Waals surface area contributed by atoms with Crippen molar-refractivity contribution < 1.29 is 18.3 Å². The zero-order valence-corrected chi connectivity index (χ0v) is 13.5. The van der Waals surface area contributed by atoms with Gasteiger partial charge in [0.2, 0.25) is 10.0 Å². The van der Waals surface area contributed by atoms with Crippen LogP contribution in [0.3, 0.4) is 0 Å². The molecule has 2 N–H and O–H groups in total. The fourth-order valence-electron chi connectivity index (χ4n) is 1.60. The van der Waals surface area contributed by atoms with Crippen molar-refractivity contribution in [3.63, 3.8) is 0 Å². The van der Waals surface area contributed by atoms with Crippen molar-refractivity contribution in [1.82, 2.24) is 9.29 Å². The van der Waals surface area contributed by atoms with E-state index in [1.54, 1.807) is 0 Å². The molecule has 0 aromatic carbocycles. The number of carboxylic acid groups (broad SMARTS) is 1. The minimum absolute atomic E-state index is 0.0632. The molecule has 0 spiro atoms. The Labute approximate surface area is 128 Å². The Hall–Kier alpha value is -1.16. The first kappa shape index (κ1) is 15.2. The summed E-state index contributed by atoms with van der Waals surface area (Å²) in [4.78, 5) is 13.1.